The molecule has 94 valence electrons. The van der Waals surface area contributed by atoms with E-state index in [1.807, 2.05) is 24.3 Å². The molecular weight excluding hydrogens is 230 g/mol. The minimum absolute atomic E-state index is 0.0581. The number of aliphatic carboxylic acids is 1. The third kappa shape index (κ3) is 2.97. The molecule has 18 heavy (non-hydrogen) atoms. The Bertz CT molecular complexity index is 471. The number of carboxylic acids is 1. The van der Waals surface area contributed by atoms with Crippen molar-refractivity contribution in [2.24, 2.45) is 11.8 Å². The molecule has 2 N–H and O–H groups in total. The highest BCUT2D eigenvalue weighted by atomic mass is 16.4. The van der Waals surface area contributed by atoms with Gasteiger partial charge in [0, 0.05) is 24.0 Å². The van der Waals surface area contributed by atoms with Gasteiger partial charge in [-0.05, 0) is 0 Å². The topological polar surface area (TPSA) is 66.4 Å². The predicted molar refractivity (Wildman–Crippen MR) is 67.7 cm³/mol. The zero-order valence-corrected chi connectivity index (χ0v) is 9.87. The second-order valence-electron chi connectivity index (χ2n) is 4.31. The highest BCUT2D eigenvalue weighted by Gasteiger charge is 2.20. The molecule has 0 bridgehead atoms. The molecule has 0 aliphatic heterocycles. The molecule has 0 saturated carbocycles. The summed E-state index contributed by atoms with van der Waals surface area (Å²) >= 11 is 0. The van der Waals surface area contributed by atoms with Crippen LogP contribution in [0.2, 0.25) is 0 Å². The Morgan fingerprint density at radius 1 is 1.17 bits per heavy atom. The van der Waals surface area contributed by atoms with Gasteiger partial charge in [0.25, 0.3) is 5.91 Å². The Morgan fingerprint density at radius 2 is 1.89 bits per heavy atom. The number of fused-ring (bicyclic) bond motifs is 1. The van der Waals surface area contributed by atoms with Crippen LogP contribution >= 0.6 is 0 Å². The van der Waals surface area contributed by atoms with Crippen LogP contribution in [-0.4, -0.2) is 23.5 Å². The fraction of sp³-hybridized carbons (Fsp3) is 0.286. The Labute approximate surface area is 105 Å². The lowest BCUT2D eigenvalue weighted by Crippen LogP contribution is -2.28. The summed E-state index contributed by atoms with van der Waals surface area (Å²) in [6.45, 7) is 0.156. The minimum Gasteiger partial charge on any atom is -0.481 e. The maximum atomic E-state index is 11.8. The standard InChI is InChI=1S/C14H15NO3/c16-13(17)7-8-15-14(18)12-6-5-10-3-1-2-4-11(10)9-12/h1-6,9-11H,7-8H2,(H,15,18)(H,16,17). The summed E-state index contributed by atoms with van der Waals surface area (Å²) in [6, 6.07) is 0. The number of hydrogen-bond donors (Lipinski definition) is 2. The average Bonchev–Trinajstić information content (AvgIpc) is 2.37. The molecule has 2 unspecified atom stereocenters. The van der Waals surface area contributed by atoms with Crippen molar-refractivity contribution < 1.29 is 14.7 Å². The van der Waals surface area contributed by atoms with Gasteiger partial charge in [0.15, 0.2) is 0 Å². The van der Waals surface area contributed by atoms with Gasteiger partial charge in [-0.1, -0.05) is 42.5 Å². The Morgan fingerprint density at radius 3 is 2.61 bits per heavy atom. The van der Waals surface area contributed by atoms with Crippen molar-refractivity contribution in [3.8, 4) is 0 Å². The van der Waals surface area contributed by atoms with Gasteiger partial charge in [-0.3, -0.25) is 9.59 Å². The number of allylic oxidation sites excluding steroid dienone is 6. The molecule has 0 aromatic rings. The highest BCUT2D eigenvalue weighted by Crippen LogP contribution is 2.27. The Balaban J connectivity index is 1.93. The van der Waals surface area contributed by atoms with Crippen LogP contribution in [0.15, 0.2) is 48.1 Å². The smallest absolute Gasteiger partial charge is 0.305 e. The van der Waals surface area contributed by atoms with Crippen LogP contribution in [-0.2, 0) is 9.59 Å². The summed E-state index contributed by atoms with van der Waals surface area (Å²) in [4.78, 5) is 22.1. The SMILES string of the molecule is O=C(O)CCNC(=O)C1=CC2C=CC=CC2C=C1. The van der Waals surface area contributed by atoms with Crippen LogP contribution in [0, 0.1) is 11.8 Å². The number of amides is 1. The predicted octanol–water partition coefficient (Wildman–Crippen LogP) is 1.43. The largest absolute Gasteiger partial charge is 0.481 e. The van der Waals surface area contributed by atoms with Crippen molar-refractivity contribution in [3.63, 3.8) is 0 Å². The van der Waals surface area contributed by atoms with Crippen molar-refractivity contribution in [3.05, 3.63) is 48.1 Å². The minimum atomic E-state index is -0.913. The summed E-state index contributed by atoms with van der Waals surface area (Å²) in [5.41, 5.74) is 0.599. The lowest BCUT2D eigenvalue weighted by molar-refractivity contribution is -0.136. The van der Waals surface area contributed by atoms with Crippen LogP contribution in [0.1, 0.15) is 6.42 Å². The Hall–Kier alpha value is -2.10. The lowest BCUT2D eigenvalue weighted by Gasteiger charge is -2.22. The van der Waals surface area contributed by atoms with E-state index in [-0.39, 0.29) is 24.8 Å². The molecule has 0 aromatic heterocycles. The lowest BCUT2D eigenvalue weighted by atomic mass is 9.83. The van der Waals surface area contributed by atoms with E-state index in [0.717, 1.165) is 0 Å². The number of carbonyl (C=O) groups excluding carboxylic acids is 1. The van der Waals surface area contributed by atoms with Crippen LogP contribution in [0.25, 0.3) is 0 Å². The molecule has 2 aliphatic carbocycles. The summed E-state index contributed by atoms with van der Waals surface area (Å²) in [7, 11) is 0. The van der Waals surface area contributed by atoms with Crippen molar-refractivity contribution >= 4 is 11.9 Å². The number of hydrogen-bond acceptors (Lipinski definition) is 2. The van der Waals surface area contributed by atoms with Gasteiger partial charge in [0.1, 0.15) is 0 Å². The Kier molecular flexibility index (Phi) is 3.77. The van der Waals surface area contributed by atoms with Gasteiger partial charge in [0.05, 0.1) is 6.42 Å². The molecule has 0 radical (unpaired) electrons. The number of rotatable bonds is 4. The van der Waals surface area contributed by atoms with Gasteiger partial charge in [-0.25, -0.2) is 0 Å². The fourth-order valence-electron chi connectivity index (χ4n) is 2.01. The molecule has 4 heteroatoms. The number of carboxylic acid groups (broad SMARTS) is 1. The zero-order chi connectivity index (χ0) is 13.0. The van der Waals surface area contributed by atoms with Gasteiger partial charge in [-0.15, -0.1) is 0 Å². The molecule has 1 amide bonds. The van der Waals surface area contributed by atoms with E-state index in [2.05, 4.69) is 17.5 Å². The van der Waals surface area contributed by atoms with E-state index in [4.69, 9.17) is 5.11 Å². The van der Waals surface area contributed by atoms with E-state index in [9.17, 15) is 9.59 Å². The third-order valence-corrected chi connectivity index (χ3v) is 2.98. The number of nitrogens with one attached hydrogen (secondary N) is 1. The van der Waals surface area contributed by atoms with Crippen molar-refractivity contribution in [2.45, 2.75) is 6.42 Å². The quantitative estimate of drug-likeness (QED) is 0.787. The van der Waals surface area contributed by atoms with Gasteiger partial charge in [0.2, 0.25) is 0 Å². The van der Waals surface area contributed by atoms with Crippen LogP contribution in [0.3, 0.4) is 0 Å². The van der Waals surface area contributed by atoms with E-state index < -0.39 is 5.97 Å². The first-order chi connectivity index (χ1) is 8.66. The number of carbonyl (C=O) groups is 2. The molecule has 0 heterocycles. The van der Waals surface area contributed by atoms with Gasteiger partial charge in [-0.2, -0.15) is 0 Å². The van der Waals surface area contributed by atoms with Gasteiger partial charge < -0.3 is 10.4 Å². The first kappa shape index (κ1) is 12.4. The molecule has 0 spiro atoms. The highest BCUT2D eigenvalue weighted by molar-refractivity contribution is 5.96. The maximum absolute atomic E-state index is 11.8. The van der Waals surface area contributed by atoms with E-state index in [0.29, 0.717) is 11.5 Å². The second-order valence-corrected chi connectivity index (χ2v) is 4.31. The summed E-state index contributed by atoms with van der Waals surface area (Å²) in [5, 5.41) is 11.1. The molecule has 2 aliphatic rings. The van der Waals surface area contributed by atoms with Gasteiger partial charge >= 0.3 is 5.97 Å². The van der Waals surface area contributed by atoms with Crippen LogP contribution in [0.4, 0.5) is 0 Å². The summed E-state index contributed by atoms with van der Waals surface area (Å²) < 4.78 is 0. The molecule has 0 fully saturated rings. The first-order valence-corrected chi connectivity index (χ1v) is 5.92. The van der Waals surface area contributed by atoms with E-state index in [1.54, 1.807) is 6.08 Å². The van der Waals surface area contributed by atoms with Crippen molar-refractivity contribution in [1.82, 2.24) is 5.32 Å². The third-order valence-electron chi connectivity index (χ3n) is 2.98. The monoisotopic (exact) mass is 245 g/mol. The summed E-state index contributed by atoms with van der Waals surface area (Å²) in [6.07, 6.45) is 13.8. The van der Waals surface area contributed by atoms with Crippen LogP contribution < -0.4 is 5.32 Å². The normalized spacial score (nSPS) is 24.3. The van der Waals surface area contributed by atoms with Crippen molar-refractivity contribution in [2.75, 3.05) is 6.54 Å². The molecule has 0 aromatic carbocycles. The maximum Gasteiger partial charge on any atom is 0.305 e. The second kappa shape index (κ2) is 5.49. The van der Waals surface area contributed by atoms with Crippen molar-refractivity contribution in [1.29, 1.82) is 0 Å². The molecule has 0 saturated heterocycles. The van der Waals surface area contributed by atoms with E-state index in [1.165, 1.54) is 0 Å². The molecule has 2 rings (SSSR count). The average molecular weight is 245 g/mol. The fourth-order valence-corrected chi connectivity index (χ4v) is 2.01. The van der Waals surface area contributed by atoms with Crippen LogP contribution in [0.5, 0.6) is 0 Å². The first-order valence-electron chi connectivity index (χ1n) is 5.92. The zero-order valence-electron chi connectivity index (χ0n) is 9.87. The molecule has 4 nitrogen and oxygen atoms in total. The van der Waals surface area contributed by atoms with E-state index >= 15 is 0 Å². The summed E-state index contributed by atoms with van der Waals surface area (Å²) in [5.74, 6) is -0.580. The molecule has 2 atom stereocenters. The molecular formula is C14H15NO3.